The summed E-state index contributed by atoms with van der Waals surface area (Å²) in [4.78, 5) is 14.0. The molecule has 19 heavy (non-hydrogen) atoms. The van der Waals surface area contributed by atoms with Crippen LogP contribution >= 0.6 is 0 Å². The van der Waals surface area contributed by atoms with Crippen LogP contribution in [-0.4, -0.2) is 66.6 Å². The lowest BCUT2D eigenvalue weighted by molar-refractivity contribution is 0.235. The van der Waals surface area contributed by atoms with Crippen LogP contribution in [0, 0.1) is 0 Å². The molecule has 104 valence electrons. The first-order chi connectivity index (χ1) is 9.22. The van der Waals surface area contributed by atoms with E-state index in [-0.39, 0.29) is 6.04 Å². The van der Waals surface area contributed by atoms with Crippen LogP contribution in [0.1, 0.15) is 29.9 Å². The van der Waals surface area contributed by atoms with Crippen molar-refractivity contribution >= 4 is 0 Å². The predicted molar refractivity (Wildman–Crippen MR) is 75.1 cm³/mol. The Bertz CT molecular complexity index is 436. The van der Waals surface area contributed by atoms with Gasteiger partial charge in [0.2, 0.25) is 0 Å². The van der Waals surface area contributed by atoms with Crippen molar-refractivity contribution in [3.05, 3.63) is 23.8 Å². The van der Waals surface area contributed by atoms with Crippen molar-refractivity contribution < 1.29 is 0 Å². The number of likely N-dealkylation sites (tertiary alicyclic amines) is 1. The molecule has 0 aromatic carbocycles. The van der Waals surface area contributed by atoms with Crippen LogP contribution in [0.4, 0.5) is 0 Å². The van der Waals surface area contributed by atoms with Gasteiger partial charge < -0.3 is 15.1 Å². The van der Waals surface area contributed by atoms with E-state index >= 15 is 0 Å². The van der Waals surface area contributed by atoms with Crippen molar-refractivity contribution in [2.75, 3.05) is 46.8 Å². The van der Waals surface area contributed by atoms with Gasteiger partial charge in [-0.3, -0.25) is 0 Å². The van der Waals surface area contributed by atoms with E-state index in [9.17, 15) is 0 Å². The van der Waals surface area contributed by atoms with Crippen molar-refractivity contribution in [3.8, 4) is 0 Å². The van der Waals surface area contributed by atoms with Crippen LogP contribution in [0.25, 0.3) is 0 Å². The number of piperazine rings is 1. The summed E-state index contributed by atoms with van der Waals surface area (Å²) >= 11 is 0. The molecule has 1 N–H and O–H groups in total. The average molecular weight is 261 g/mol. The normalized spacial score (nSPS) is 29.8. The lowest BCUT2D eigenvalue weighted by Crippen LogP contribution is -2.44. The highest BCUT2D eigenvalue weighted by Gasteiger charge is 2.25. The minimum atomic E-state index is 0.276. The second-order valence-corrected chi connectivity index (χ2v) is 5.86. The molecule has 2 aliphatic rings. The molecule has 0 amide bonds. The minimum Gasteiger partial charge on any atom is -0.306 e. The molecule has 5 nitrogen and oxygen atoms in total. The predicted octanol–water partition coefficient (Wildman–Crippen LogP) is 0.472. The van der Waals surface area contributed by atoms with Gasteiger partial charge in [-0.05, 0) is 33.1 Å². The summed E-state index contributed by atoms with van der Waals surface area (Å²) in [6.07, 6.45) is 3.14. The van der Waals surface area contributed by atoms with Crippen LogP contribution < -0.4 is 5.32 Å². The summed E-state index contributed by atoms with van der Waals surface area (Å²) in [6, 6.07) is 2.36. The summed E-state index contributed by atoms with van der Waals surface area (Å²) in [7, 11) is 4.34. The molecule has 1 aromatic heterocycles. The fourth-order valence-corrected chi connectivity index (χ4v) is 3.03. The van der Waals surface area contributed by atoms with Gasteiger partial charge in [0.25, 0.3) is 0 Å². The molecular formula is C14H23N5. The first-order valence-corrected chi connectivity index (χ1v) is 7.15. The summed E-state index contributed by atoms with van der Waals surface area (Å²) in [5, 5.41) is 3.52. The van der Waals surface area contributed by atoms with Gasteiger partial charge in [-0.15, -0.1) is 0 Å². The Kier molecular flexibility index (Phi) is 3.77. The van der Waals surface area contributed by atoms with Gasteiger partial charge >= 0.3 is 0 Å². The number of hydrogen-bond acceptors (Lipinski definition) is 5. The third-order valence-corrected chi connectivity index (χ3v) is 4.20. The first-order valence-electron chi connectivity index (χ1n) is 7.15. The highest BCUT2D eigenvalue weighted by molar-refractivity contribution is 5.13. The van der Waals surface area contributed by atoms with Gasteiger partial charge in [0.05, 0.1) is 6.04 Å². The molecule has 0 spiro atoms. The van der Waals surface area contributed by atoms with Crippen LogP contribution in [0.5, 0.6) is 0 Å². The molecule has 0 saturated carbocycles. The molecule has 3 heterocycles. The lowest BCUT2D eigenvalue weighted by Gasteiger charge is -2.30. The zero-order chi connectivity index (χ0) is 13.2. The number of rotatable bonds is 2. The van der Waals surface area contributed by atoms with Gasteiger partial charge in [-0.2, -0.15) is 0 Å². The lowest BCUT2D eigenvalue weighted by atomic mass is 10.0. The van der Waals surface area contributed by atoms with Gasteiger partial charge in [-0.1, -0.05) is 0 Å². The van der Waals surface area contributed by atoms with E-state index in [2.05, 4.69) is 40.3 Å². The number of nitrogens with zero attached hydrogens (tertiary/aromatic N) is 4. The molecule has 2 aliphatic heterocycles. The number of aromatic nitrogens is 2. The van der Waals surface area contributed by atoms with Crippen molar-refractivity contribution in [2.45, 2.75) is 18.4 Å². The number of likely N-dealkylation sites (N-methyl/N-ethyl adjacent to an activating group) is 2. The average Bonchev–Trinajstić information content (AvgIpc) is 2.86. The van der Waals surface area contributed by atoms with Crippen LogP contribution in [0.3, 0.4) is 0 Å². The zero-order valence-electron chi connectivity index (χ0n) is 11.8. The summed E-state index contributed by atoms with van der Waals surface area (Å²) in [6.45, 7) is 5.40. The Morgan fingerprint density at radius 1 is 1.21 bits per heavy atom. The summed E-state index contributed by atoms with van der Waals surface area (Å²) in [5.74, 6) is 1.53. The van der Waals surface area contributed by atoms with Gasteiger partial charge in [0.15, 0.2) is 0 Å². The Hall–Kier alpha value is -1.04. The van der Waals surface area contributed by atoms with Gasteiger partial charge in [0, 0.05) is 44.0 Å². The van der Waals surface area contributed by atoms with Crippen LogP contribution in [0.2, 0.25) is 0 Å². The van der Waals surface area contributed by atoms with E-state index in [0.717, 1.165) is 32.0 Å². The zero-order valence-corrected chi connectivity index (χ0v) is 11.8. The molecule has 2 unspecified atom stereocenters. The van der Waals surface area contributed by atoms with E-state index < -0.39 is 0 Å². The van der Waals surface area contributed by atoms with E-state index in [1.807, 2.05) is 6.20 Å². The largest absolute Gasteiger partial charge is 0.306 e. The van der Waals surface area contributed by atoms with E-state index in [1.165, 1.54) is 18.7 Å². The third kappa shape index (κ3) is 2.94. The molecule has 1 aromatic rings. The van der Waals surface area contributed by atoms with E-state index in [0.29, 0.717) is 5.92 Å². The summed E-state index contributed by atoms with van der Waals surface area (Å²) in [5.41, 5.74) is 1.21. The van der Waals surface area contributed by atoms with Gasteiger partial charge in [0.1, 0.15) is 5.82 Å². The highest BCUT2D eigenvalue weighted by atomic mass is 15.2. The molecule has 0 radical (unpaired) electrons. The molecule has 2 saturated heterocycles. The minimum absolute atomic E-state index is 0.276. The molecule has 5 heteroatoms. The fraction of sp³-hybridized carbons (Fsp3) is 0.714. The molecule has 3 rings (SSSR count). The first kappa shape index (κ1) is 13.0. The quantitative estimate of drug-likeness (QED) is 0.838. The number of hydrogen-bond donors (Lipinski definition) is 1. The molecule has 0 bridgehead atoms. The second-order valence-electron chi connectivity index (χ2n) is 5.86. The fourth-order valence-electron chi connectivity index (χ4n) is 3.03. The molecule has 2 fully saturated rings. The molecule has 0 aliphatic carbocycles. The topological polar surface area (TPSA) is 44.3 Å². The second kappa shape index (κ2) is 5.53. The third-order valence-electron chi connectivity index (χ3n) is 4.20. The maximum atomic E-state index is 4.82. The van der Waals surface area contributed by atoms with E-state index in [1.54, 1.807) is 0 Å². The molecule has 2 atom stereocenters. The Morgan fingerprint density at radius 2 is 2.05 bits per heavy atom. The van der Waals surface area contributed by atoms with Gasteiger partial charge in [-0.25, -0.2) is 9.97 Å². The Morgan fingerprint density at radius 3 is 2.79 bits per heavy atom. The number of nitrogens with one attached hydrogen (secondary N) is 1. The van der Waals surface area contributed by atoms with Crippen LogP contribution in [-0.2, 0) is 0 Å². The van der Waals surface area contributed by atoms with Crippen molar-refractivity contribution in [2.24, 2.45) is 0 Å². The maximum Gasteiger partial charge on any atom is 0.146 e. The Labute approximate surface area is 115 Å². The van der Waals surface area contributed by atoms with Crippen molar-refractivity contribution in [1.82, 2.24) is 25.1 Å². The smallest absolute Gasteiger partial charge is 0.146 e. The highest BCUT2D eigenvalue weighted by Crippen LogP contribution is 2.25. The maximum absolute atomic E-state index is 4.82. The van der Waals surface area contributed by atoms with E-state index in [4.69, 9.17) is 4.98 Å². The standard InChI is InChI=1S/C14H23N5/c1-18-7-4-11(9-18)12-3-5-16-14(17-12)13-10-19(2)8-6-15-13/h3,5,11,13,15H,4,6-10H2,1-2H3. The SMILES string of the molecule is CN1CCC(c2ccnc(C3CN(C)CCN3)n2)C1. The monoisotopic (exact) mass is 261 g/mol. The van der Waals surface area contributed by atoms with Crippen molar-refractivity contribution in [3.63, 3.8) is 0 Å². The Balaban J connectivity index is 1.76. The summed E-state index contributed by atoms with van der Waals surface area (Å²) < 4.78 is 0. The van der Waals surface area contributed by atoms with Crippen LogP contribution in [0.15, 0.2) is 12.3 Å². The van der Waals surface area contributed by atoms with Crippen molar-refractivity contribution in [1.29, 1.82) is 0 Å². The molecular weight excluding hydrogens is 238 g/mol.